The van der Waals surface area contributed by atoms with Crippen LogP contribution in [-0.4, -0.2) is 60.0 Å². The zero-order valence-electron chi connectivity index (χ0n) is 13.0. The molecule has 0 bridgehead atoms. The molecule has 0 saturated carbocycles. The van der Waals surface area contributed by atoms with E-state index in [2.05, 4.69) is 11.9 Å². The van der Waals surface area contributed by atoms with Crippen LogP contribution in [0, 0.1) is 0 Å². The van der Waals surface area contributed by atoms with E-state index in [1.54, 1.807) is 0 Å². The quantitative estimate of drug-likeness (QED) is 0.443. The van der Waals surface area contributed by atoms with Crippen LogP contribution in [0.3, 0.4) is 0 Å². The fourth-order valence-corrected chi connectivity index (χ4v) is 0.655. The smallest absolute Gasteiger partial charge is 1.00 e. The second-order valence-electron chi connectivity index (χ2n) is 3.40. The number of hydrogen-bond acceptors (Lipinski definition) is 2. The van der Waals surface area contributed by atoms with Crippen molar-refractivity contribution >= 4 is 21.8 Å². The predicted octanol–water partition coefficient (Wildman–Crippen LogP) is 0.965. The van der Waals surface area contributed by atoms with Crippen LogP contribution in [0.25, 0.3) is 0 Å². The Labute approximate surface area is 168 Å². The van der Waals surface area contributed by atoms with Crippen molar-refractivity contribution in [2.45, 2.75) is 0 Å². The molecule has 0 amide bonds. The third-order valence-electron chi connectivity index (χ3n) is 1.23. The first-order chi connectivity index (χ1) is 9.39. The Balaban J connectivity index is -0.0000000661. The van der Waals surface area contributed by atoms with Crippen LogP contribution in [0.2, 0.25) is 0 Å². The minimum absolute atomic E-state index is 0. The fourth-order valence-electron chi connectivity index (χ4n) is 0.655. The summed E-state index contributed by atoms with van der Waals surface area (Å²) in [7, 11) is -15.9. The van der Waals surface area contributed by atoms with Gasteiger partial charge in [-0.1, -0.05) is 0 Å². The van der Waals surface area contributed by atoms with Crippen molar-refractivity contribution in [3.63, 3.8) is 0 Å². The van der Waals surface area contributed by atoms with Gasteiger partial charge in [-0.15, -0.1) is 0 Å². The molecule has 0 aliphatic carbocycles. The average molecular weight is 402 g/mol. The van der Waals surface area contributed by atoms with E-state index in [9.17, 15) is 51.8 Å². The topological polar surface area (TPSA) is 12.5 Å². The Bertz CT molecular complexity index is 214. The molecule has 0 aromatic carbocycles. The van der Waals surface area contributed by atoms with Crippen LogP contribution in [-0.2, 0) is 4.74 Å². The number of nitrogens with zero attached hydrogens (tertiary/aromatic N) is 1. The summed E-state index contributed by atoms with van der Waals surface area (Å²) in [6.07, 6.45) is 0. The SMILES string of the molecule is CN1CCOCC1.F[B-](F)(F)F.F[B-](F)(F)F.F[B-](F)(F)F.[H-].[K+]. The van der Waals surface area contributed by atoms with Gasteiger partial charge in [0.05, 0.1) is 13.2 Å². The molecule has 0 atom stereocenters. The molecule has 0 aromatic rings. The summed E-state index contributed by atoms with van der Waals surface area (Å²) in [6, 6.07) is 0. The normalized spacial score (nSPS) is 15.5. The molecular weight excluding hydrogens is 390 g/mol. The van der Waals surface area contributed by atoms with Crippen LogP contribution in [0.5, 0.6) is 0 Å². The molecule has 2 nitrogen and oxygen atoms in total. The molecule has 0 spiro atoms. The molecule has 0 radical (unpaired) electrons. The maximum Gasteiger partial charge on any atom is 1.00 e. The number of halogens is 12. The van der Waals surface area contributed by atoms with E-state index in [4.69, 9.17) is 4.74 Å². The summed E-state index contributed by atoms with van der Waals surface area (Å²) < 4.78 is 122. The molecule has 18 heteroatoms. The number of hydrogen-bond donors (Lipinski definition) is 0. The largest absolute Gasteiger partial charge is 1.00 e. The van der Waals surface area contributed by atoms with E-state index in [1.165, 1.54) is 0 Å². The Morgan fingerprint density at radius 3 is 0.913 bits per heavy atom. The number of morpholine rings is 1. The zero-order chi connectivity index (χ0) is 18.6. The van der Waals surface area contributed by atoms with Gasteiger partial charge >= 0.3 is 73.1 Å². The predicted molar refractivity (Wildman–Crippen MR) is 60.0 cm³/mol. The van der Waals surface area contributed by atoms with Crippen molar-refractivity contribution in [1.82, 2.24) is 4.90 Å². The van der Waals surface area contributed by atoms with Crippen molar-refractivity contribution in [3.8, 4) is 0 Å². The summed E-state index contributed by atoms with van der Waals surface area (Å²) in [5, 5.41) is 0. The molecule has 23 heavy (non-hydrogen) atoms. The first kappa shape index (κ1) is 31.7. The maximum absolute atomic E-state index is 9.75. The Morgan fingerprint density at radius 2 is 0.826 bits per heavy atom. The van der Waals surface area contributed by atoms with Gasteiger partial charge in [0.15, 0.2) is 0 Å². The minimum atomic E-state index is -6.00. The van der Waals surface area contributed by atoms with Crippen molar-refractivity contribution in [3.05, 3.63) is 0 Å². The molecule has 0 N–H and O–H groups in total. The summed E-state index contributed by atoms with van der Waals surface area (Å²) in [5.74, 6) is 0. The van der Waals surface area contributed by atoms with E-state index in [0.717, 1.165) is 26.3 Å². The first-order valence-electron chi connectivity index (χ1n) is 5.28. The second-order valence-corrected chi connectivity index (χ2v) is 3.40. The summed E-state index contributed by atoms with van der Waals surface area (Å²) in [5.41, 5.74) is 0. The number of rotatable bonds is 0. The van der Waals surface area contributed by atoms with Crippen molar-refractivity contribution < 1.29 is 109 Å². The number of likely N-dealkylation sites (N-methyl/N-ethyl adjacent to an activating group) is 1. The van der Waals surface area contributed by atoms with Gasteiger partial charge in [0.1, 0.15) is 0 Å². The molecule has 1 rings (SSSR count). The van der Waals surface area contributed by atoms with Gasteiger partial charge in [0.25, 0.3) is 0 Å². The summed E-state index contributed by atoms with van der Waals surface area (Å²) >= 11 is 0. The monoisotopic (exact) mass is 402 g/mol. The van der Waals surface area contributed by atoms with Gasteiger partial charge in [-0.3, -0.25) is 0 Å². The molecular formula is C5H12B3F12KNO-3. The average Bonchev–Trinajstić information content (AvgIpc) is 2.09. The second kappa shape index (κ2) is 15.2. The molecule has 1 aliphatic heterocycles. The van der Waals surface area contributed by atoms with Gasteiger partial charge in [0, 0.05) is 13.1 Å². The Hall–Kier alpha value is 0.911. The molecule has 1 saturated heterocycles. The van der Waals surface area contributed by atoms with Crippen molar-refractivity contribution in [2.24, 2.45) is 0 Å². The van der Waals surface area contributed by atoms with Crippen LogP contribution in [0.4, 0.5) is 51.8 Å². The molecule has 0 aromatic heterocycles. The van der Waals surface area contributed by atoms with Gasteiger partial charge in [0.2, 0.25) is 0 Å². The van der Waals surface area contributed by atoms with E-state index < -0.39 is 21.8 Å². The Morgan fingerprint density at radius 1 is 0.652 bits per heavy atom. The van der Waals surface area contributed by atoms with Crippen LogP contribution < -0.4 is 51.4 Å². The van der Waals surface area contributed by atoms with Crippen LogP contribution in [0.15, 0.2) is 0 Å². The van der Waals surface area contributed by atoms with E-state index in [-0.39, 0.29) is 52.8 Å². The zero-order valence-corrected chi connectivity index (χ0v) is 15.1. The van der Waals surface area contributed by atoms with E-state index in [1.807, 2.05) is 0 Å². The molecule has 1 fully saturated rings. The molecule has 1 heterocycles. The van der Waals surface area contributed by atoms with Crippen LogP contribution >= 0.6 is 0 Å². The van der Waals surface area contributed by atoms with Gasteiger partial charge in [-0.2, -0.15) is 0 Å². The van der Waals surface area contributed by atoms with Gasteiger partial charge in [-0.25, -0.2) is 0 Å². The van der Waals surface area contributed by atoms with Crippen molar-refractivity contribution in [1.29, 1.82) is 0 Å². The first-order valence-corrected chi connectivity index (χ1v) is 5.28. The van der Waals surface area contributed by atoms with Gasteiger partial charge < -0.3 is 62.9 Å². The summed E-state index contributed by atoms with van der Waals surface area (Å²) in [4.78, 5) is 2.27. The van der Waals surface area contributed by atoms with E-state index >= 15 is 0 Å². The standard InChI is InChI=1S/C5H11NO.3BF4.K.H/c1-6-2-4-7-5-3-6;3*2-1(3,4)5;;/h2-5H2,1H3;;;;;/q;3*-1;+1;-1. The number of ether oxygens (including phenoxy) is 1. The fraction of sp³-hybridized carbons (Fsp3) is 1.00. The molecule has 0 unspecified atom stereocenters. The van der Waals surface area contributed by atoms with Gasteiger partial charge in [-0.05, 0) is 7.05 Å². The van der Waals surface area contributed by atoms with E-state index in [0.29, 0.717) is 0 Å². The third-order valence-corrected chi connectivity index (χ3v) is 1.23. The molecule has 140 valence electrons. The third kappa shape index (κ3) is 126. The van der Waals surface area contributed by atoms with Crippen molar-refractivity contribution in [2.75, 3.05) is 33.4 Å². The Kier molecular flexibility index (Phi) is 20.9. The summed E-state index contributed by atoms with van der Waals surface area (Å²) in [6.45, 7) is 4.02. The molecule has 1 aliphatic rings. The maximum atomic E-state index is 9.75. The minimum Gasteiger partial charge on any atom is -1.00 e. The van der Waals surface area contributed by atoms with Crippen LogP contribution in [0.1, 0.15) is 1.43 Å².